The Kier molecular flexibility index (Phi) is 5.19. The van der Waals surface area contributed by atoms with Crippen LogP contribution in [0.3, 0.4) is 0 Å². The first-order valence-corrected chi connectivity index (χ1v) is 7.49. The molecule has 5 heteroatoms. The Morgan fingerprint density at radius 3 is 2.42 bits per heavy atom. The highest BCUT2D eigenvalue weighted by atomic mass is 16.2. The Morgan fingerprint density at radius 1 is 1.16 bits per heavy atom. The van der Waals surface area contributed by atoms with Gasteiger partial charge in [0.2, 0.25) is 11.8 Å². The van der Waals surface area contributed by atoms with Gasteiger partial charge in [0.05, 0.1) is 0 Å². The van der Waals surface area contributed by atoms with Gasteiger partial charge in [-0.25, -0.2) is 0 Å². The maximum atomic E-state index is 11.9. The third-order valence-corrected chi connectivity index (χ3v) is 3.91. The van der Waals surface area contributed by atoms with Crippen LogP contribution in [-0.2, 0) is 9.59 Å². The van der Waals surface area contributed by atoms with E-state index in [4.69, 9.17) is 0 Å². The Balaban J connectivity index is 1.63. The molecule has 2 rings (SSSR count). The molecule has 1 saturated carbocycles. The third kappa shape index (κ3) is 4.49. The molecule has 0 unspecified atom stereocenters. The molecule has 0 radical (unpaired) electrons. The summed E-state index contributed by atoms with van der Waals surface area (Å²) in [5.74, 6) is 0.727. The normalized spacial score (nSPS) is 20.4. The highest BCUT2D eigenvalue weighted by Gasteiger charge is 2.32. The second-order valence-corrected chi connectivity index (χ2v) is 5.54. The van der Waals surface area contributed by atoms with E-state index in [1.807, 2.05) is 11.8 Å². The number of nitrogens with one attached hydrogen (secondary N) is 2. The second kappa shape index (κ2) is 6.89. The lowest BCUT2D eigenvalue weighted by molar-refractivity contribution is -0.132. The molecule has 0 atom stereocenters. The lowest BCUT2D eigenvalue weighted by Crippen LogP contribution is -2.47. The smallest absolute Gasteiger partial charge is 0.223 e. The number of hydrogen-bond donors (Lipinski definition) is 2. The van der Waals surface area contributed by atoms with Crippen molar-refractivity contribution in [2.45, 2.75) is 45.1 Å². The van der Waals surface area contributed by atoms with Gasteiger partial charge in [-0.15, -0.1) is 0 Å². The largest absolute Gasteiger partial charge is 0.353 e. The number of carbonyl (C=O) groups excluding carboxylic acids is 2. The van der Waals surface area contributed by atoms with Crippen LogP contribution >= 0.6 is 0 Å². The number of likely N-dealkylation sites (tertiary alicyclic amines) is 1. The number of piperidine rings is 1. The van der Waals surface area contributed by atoms with E-state index in [9.17, 15) is 9.59 Å². The molecule has 0 aromatic heterocycles. The van der Waals surface area contributed by atoms with Crippen molar-refractivity contribution in [3.8, 4) is 0 Å². The zero-order valence-corrected chi connectivity index (χ0v) is 11.8. The van der Waals surface area contributed by atoms with Crippen LogP contribution in [0, 0.1) is 5.92 Å². The van der Waals surface area contributed by atoms with Gasteiger partial charge in [0.25, 0.3) is 0 Å². The molecule has 2 amide bonds. The molecule has 0 aromatic carbocycles. The monoisotopic (exact) mass is 267 g/mol. The van der Waals surface area contributed by atoms with Crippen molar-refractivity contribution in [1.82, 2.24) is 15.5 Å². The molecule has 1 saturated heterocycles. The van der Waals surface area contributed by atoms with E-state index >= 15 is 0 Å². The summed E-state index contributed by atoms with van der Waals surface area (Å²) >= 11 is 0. The van der Waals surface area contributed by atoms with Crippen LogP contribution < -0.4 is 10.6 Å². The zero-order chi connectivity index (χ0) is 13.7. The highest BCUT2D eigenvalue weighted by molar-refractivity contribution is 5.81. The molecular weight excluding hydrogens is 242 g/mol. The van der Waals surface area contributed by atoms with Gasteiger partial charge in [-0.1, -0.05) is 6.92 Å². The molecule has 1 heterocycles. The minimum atomic E-state index is 0.219. The molecule has 19 heavy (non-hydrogen) atoms. The SMILES string of the molecule is CCNCCC(=O)N1CCC(NC(=O)C2CC2)CC1. The van der Waals surface area contributed by atoms with E-state index in [0.29, 0.717) is 6.42 Å². The molecule has 2 aliphatic rings. The van der Waals surface area contributed by atoms with Crippen LogP contribution in [0.4, 0.5) is 0 Å². The molecule has 2 fully saturated rings. The number of nitrogens with zero attached hydrogens (tertiary/aromatic N) is 1. The fourth-order valence-corrected chi connectivity index (χ4v) is 2.47. The summed E-state index contributed by atoms with van der Waals surface area (Å²) in [6.07, 6.45) is 4.46. The van der Waals surface area contributed by atoms with E-state index in [1.54, 1.807) is 0 Å². The number of amides is 2. The molecule has 1 aliphatic heterocycles. The van der Waals surface area contributed by atoms with Crippen LogP contribution in [0.5, 0.6) is 0 Å². The number of hydrogen-bond acceptors (Lipinski definition) is 3. The van der Waals surface area contributed by atoms with Crippen molar-refractivity contribution < 1.29 is 9.59 Å². The number of carbonyl (C=O) groups is 2. The second-order valence-electron chi connectivity index (χ2n) is 5.54. The van der Waals surface area contributed by atoms with Gasteiger partial charge in [-0.3, -0.25) is 9.59 Å². The molecule has 0 spiro atoms. The van der Waals surface area contributed by atoms with Gasteiger partial charge in [0.1, 0.15) is 0 Å². The van der Waals surface area contributed by atoms with Crippen LogP contribution in [0.2, 0.25) is 0 Å². The summed E-state index contributed by atoms with van der Waals surface area (Å²) in [5, 5.41) is 6.27. The predicted octanol–water partition coefficient (Wildman–Crippen LogP) is 0.503. The molecular formula is C14H25N3O2. The third-order valence-electron chi connectivity index (χ3n) is 3.91. The Hall–Kier alpha value is -1.10. The standard InChI is InChI=1S/C14H25N3O2/c1-2-15-8-5-13(18)17-9-6-12(7-10-17)16-14(19)11-3-4-11/h11-12,15H,2-10H2,1H3,(H,16,19). The van der Waals surface area contributed by atoms with Crippen molar-refractivity contribution in [2.24, 2.45) is 5.92 Å². The van der Waals surface area contributed by atoms with Crippen molar-refractivity contribution >= 4 is 11.8 Å². The van der Waals surface area contributed by atoms with Crippen LogP contribution in [0.15, 0.2) is 0 Å². The van der Waals surface area contributed by atoms with Crippen LogP contribution in [0.25, 0.3) is 0 Å². The number of rotatable bonds is 6. The average Bonchev–Trinajstić information content (AvgIpc) is 3.24. The summed E-state index contributed by atoms with van der Waals surface area (Å²) in [6, 6.07) is 0.269. The van der Waals surface area contributed by atoms with E-state index in [0.717, 1.165) is 51.9 Å². The first kappa shape index (κ1) is 14.3. The van der Waals surface area contributed by atoms with Crippen LogP contribution in [0.1, 0.15) is 39.0 Å². The fourth-order valence-electron chi connectivity index (χ4n) is 2.47. The van der Waals surface area contributed by atoms with Gasteiger partial charge in [0.15, 0.2) is 0 Å². The van der Waals surface area contributed by atoms with E-state index < -0.39 is 0 Å². The van der Waals surface area contributed by atoms with Crippen molar-refractivity contribution in [1.29, 1.82) is 0 Å². The quantitative estimate of drug-likeness (QED) is 0.689. The first-order valence-electron chi connectivity index (χ1n) is 7.49. The van der Waals surface area contributed by atoms with Gasteiger partial charge in [0, 0.05) is 38.0 Å². The van der Waals surface area contributed by atoms with E-state index in [-0.39, 0.29) is 23.8 Å². The van der Waals surface area contributed by atoms with Crippen molar-refractivity contribution in [3.63, 3.8) is 0 Å². The average molecular weight is 267 g/mol. The maximum absolute atomic E-state index is 11.9. The lowest BCUT2D eigenvalue weighted by atomic mass is 10.0. The minimum Gasteiger partial charge on any atom is -0.353 e. The van der Waals surface area contributed by atoms with Crippen molar-refractivity contribution in [2.75, 3.05) is 26.2 Å². The topological polar surface area (TPSA) is 61.4 Å². The Morgan fingerprint density at radius 2 is 1.84 bits per heavy atom. The first-order chi connectivity index (χ1) is 9.20. The van der Waals surface area contributed by atoms with Gasteiger partial charge >= 0.3 is 0 Å². The van der Waals surface area contributed by atoms with Gasteiger partial charge in [-0.05, 0) is 32.2 Å². The lowest BCUT2D eigenvalue weighted by Gasteiger charge is -2.32. The Labute approximate surface area is 115 Å². The minimum absolute atomic E-state index is 0.219. The molecule has 0 aromatic rings. The Bertz CT molecular complexity index is 321. The van der Waals surface area contributed by atoms with Gasteiger partial charge in [-0.2, -0.15) is 0 Å². The molecule has 108 valence electrons. The molecule has 1 aliphatic carbocycles. The fraction of sp³-hybridized carbons (Fsp3) is 0.857. The molecule has 5 nitrogen and oxygen atoms in total. The summed E-state index contributed by atoms with van der Waals surface area (Å²) in [4.78, 5) is 25.5. The zero-order valence-electron chi connectivity index (χ0n) is 11.8. The maximum Gasteiger partial charge on any atom is 0.223 e. The van der Waals surface area contributed by atoms with Gasteiger partial charge < -0.3 is 15.5 Å². The van der Waals surface area contributed by atoms with Crippen LogP contribution in [-0.4, -0.2) is 48.9 Å². The van der Waals surface area contributed by atoms with E-state index in [2.05, 4.69) is 10.6 Å². The molecule has 0 bridgehead atoms. The van der Waals surface area contributed by atoms with Crippen molar-refractivity contribution in [3.05, 3.63) is 0 Å². The highest BCUT2D eigenvalue weighted by Crippen LogP contribution is 2.29. The summed E-state index contributed by atoms with van der Waals surface area (Å²) in [7, 11) is 0. The molecule has 2 N–H and O–H groups in total. The predicted molar refractivity (Wildman–Crippen MR) is 73.6 cm³/mol. The summed E-state index contributed by atoms with van der Waals surface area (Å²) in [5.41, 5.74) is 0. The summed E-state index contributed by atoms with van der Waals surface area (Å²) < 4.78 is 0. The van der Waals surface area contributed by atoms with E-state index in [1.165, 1.54) is 0 Å². The summed E-state index contributed by atoms with van der Waals surface area (Å²) in [6.45, 7) is 5.26.